The number of anilines is 1. The van der Waals surface area contributed by atoms with Crippen LogP contribution < -0.4 is 24.2 Å². The highest BCUT2D eigenvalue weighted by atomic mass is 32.1. The summed E-state index contributed by atoms with van der Waals surface area (Å²) in [4.78, 5) is 28.7. The molecule has 0 atom stereocenters. The Hall–Kier alpha value is -4.07. The maximum absolute atomic E-state index is 13.5. The van der Waals surface area contributed by atoms with Crippen LogP contribution in [0, 0.1) is 0 Å². The molecule has 5 nitrogen and oxygen atoms in total. The van der Waals surface area contributed by atoms with Gasteiger partial charge in [0, 0.05) is 30.9 Å². The highest BCUT2D eigenvalue weighted by molar-refractivity contribution is 7.16. The van der Waals surface area contributed by atoms with Crippen molar-refractivity contribution in [1.29, 1.82) is 0 Å². The lowest BCUT2D eigenvalue weighted by Gasteiger charge is -2.15. The molecule has 1 amide bonds. The summed E-state index contributed by atoms with van der Waals surface area (Å²) >= 11 is 3.14. The topological polar surface area (TPSA) is 46.2 Å². The van der Waals surface area contributed by atoms with Crippen molar-refractivity contribution < 1.29 is 9.36 Å². The molecule has 0 bridgehead atoms. The monoisotopic (exact) mass is 552 g/mol. The number of hydrogen-bond donors (Lipinski definition) is 0. The quantitative estimate of drug-likeness (QED) is 0.259. The van der Waals surface area contributed by atoms with Crippen LogP contribution in [0.3, 0.4) is 0 Å². The second-order valence-corrected chi connectivity index (χ2v) is 11.0. The fraction of sp³-hybridized carbons (Fsp3) is 0.156. The minimum atomic E-state index is -0.148. The van der Waals surface area contributed by atoms with Gasteiger partial charge in [-0.2, -0.15) is 4.57 Å². The summed E-state index contributed by atoms with van der Waals surface area (Å²) in [6, 6.07) is 30.3. The van der Waals surface area contributed by atoms with Crippen molar-refractivity contribution in [2.45, 2.75) is 33.9 Å². The number of para-hydroxylation sites is 1. The van der Waals surface area contributed by atoms with Crippen molar-refractivity contribution >= 4 is 46.5 Å². The fourth-order valence-electron chi connectivity index (χ4n) is 4.62. The first-order valence-electron chi connectivity index (χ1n) is 13.0. The lowest BCUT2D eigenvalue weighted by atomic mass is 10.1. The number of carbonyl (C=O) groups excluding carboxylic acids is 1. The summed E-state index contributed by atoms with van der Waals surface area (Å²) < 4.78 is 5.48. The molecule has 3 aromatic carbocycles. The van der Waals surface area contributed by atoms with E-state index < -0.39 is 0 Å². The van der Waals surface area contributed by atoms with E-state index in [-0.39, 0.29) is 11.5 Å². The van der Waals surface area contributed by atoms with Crippen LogP contribution in [0.4, 0.5) is 5.69 Å². The molecular weight excluding hydrogens is 523 g/mol. The third-order valence-electron chi connectivity index (χ3n) is 6.48. The van der Waals surface area contributed by atoms with Gasteiger partial charge in [-0.25, -0.2) is 0 Å². The number of amides is 1. The third kappa shape index (κ3) is 5.41. The summed E-state index contributed by atoms with van der Waals surface area (Å²) in [5.41, 5.74) is 4.12. The van der Waals surface area contributed by atoms with Gasteiger partial charge in [-0.15, -0.1) is 11.3 Å². The minimum Gasteiger partial charge on any atom is -0.299 e. The minimum absolute atomic E-state index is 0.0953. The van der Waals surface area contributed by atoms with Gasteiger partial charge in [-0.1, -0.05) is 78.1 Å². The van der Waals surface area contributed by atoms with E-state index in [0.717, 1.165) is 33.0 Å². The van der Waals surface area contributed by atoms with Gasteiger partial charge < -0.3 is 0 Å². The molecule has 0 aliphatic carbocycles. The Bertz CT molecular complexity index is 1770. The van der Waals surface area contributed by atoms with Crippen LogP contribution in [0.15, 0.2) is 95.8 Å². The molecule has 0 spiro atoms. The van der Waals surface area contributed by atoms with Crippen LogP contribution in [0.5, 0.6) is 0 Å². The summed E-state index contributed by atoms with van der Waals surface area (Å²) in [7, 11) is 0. The SMILES string of the molecule is CCn1c(=Cc2sc(-c3ccccc3)c(-c3ccccc3)[n+]2CC)sc(=CN(C(C)=O)c2ccccc2)c1=O. The van der Waals surface area contributed by atoms with Crippen LogP contribution in [-0.4, -0.2) is 10.5 Å². The highest BCUT2D eigenvalue weighted by Gasteiger charge is 2.27. The van der Waals surface area contributed by atoms with Crippen LogP contribution >= 0.6 is 22.7 Å². The number of carbonyl (C=O) groups is 1. The Morgan fingerprint density at radius 1 is 0.872 bits per heavy atom. The van der Waals surface area contributed by atoms with Gasteiger partial charge in [-0.3, -0.25) is 19.1 Å². The van der Waals surface area contributed by atoms with Crippen molar-refractivity contribution in [1.82, 2.24) is 4.57 Å². The van der Waals surface area contributed by atoms with E-state index in [2.05, 4.69) is 66.1 Å². The number of thiazole rings is 2. The average Bonchev–Trinajstić information content (AvgIpc) is 3.49. The second kappa shape index (κ2) is 11.8. The van der Waals surface area contributed by atoms with E-state index >= 15 is 0 Å². The van der Waals surface area contributed by atoms with Crippen molar-refractivity contribution in [3.63, 3.8) is 0 Å². The smallest absolute Gasteiger partial charge is 0.270 e. The van der Waals surface area contributed by atoms with Crippen molar-refractivity contribution in [2.75, 3.05) is 4.90 Å². The molecule has 0 aliphatic heterocycles. The van der Waals surface area contributed by atoms with Gasteiger partial charge in [-0.05, 0) is 43.7 Å². The van der Waals surface area contributed by atoms with Crippen molar-refractivity contribution in [3.8, 4) is 21.7 Å². The molecule has 5 rings (SSSR count). The van der Waals surface area contributed by atoms with Crippen LogP contribution in [0.25, 0.3) is 34.0 Å². The molecule has 0 N–H and O–H groups in total. The predicted octanol–water partition coefficient (Wildman–Crippen LogP) is 5.25. The van der Waals surface area contributed by atoms with E-state index in [4.69, 9.17) is 0 Å². The lowest BCUT2D eigenvalue weighted by molar-refractivity contribution is -0.679. The van der Waals surface area contributed by atoms with Gasteiger partial charge in [0.1, 0.15) is 20.6 Å². The predicted molar refractivity (Wildman–Crippen MR) is 162 cm³/mol. The number of aromatic nitrogens is 2. The molecule has 2 heterocycles. The number of nitrogens with zero attached hydrogens (tertiary/aromatic N) is 3. The van der Waals surface area contributed by atoms with Crippen LogP contribution in [-0.2, 0) is 17.9 Å². The van der Waals surface area contributed by atoms with E-state index in [1.165, 1.54) is 33.7 Å². The second-order valence-electron chi connectivity index (χ2n) is 8.95. The Balaban J connectivity index is 1.73. The normalized spacial score (nSPS) is 12.2. The molecule has 0 saturated carbocycles. The Morgan fingerprint density at radius 2 is 1.46 bits per heavy atom. The molecule has 0 aliphatic rings. The summed E-state index contributed by atoms with van der Waals surface area (Å²) in [6.45, 7) is 6.95. The molecule has 196 valence electrons. The molecule has 0 radical (unpaired) electrons. The van der Waals surface area contributed by atoms with Gasteiger partial charge >= 0.3 is 0 Å². The highest BCUT2D eigenvalue weighted by Crippen LogP contribution is 2.36. The van der Waals surface area contributed by atoms with E-state index in [1.807, 2.05) is 49.4 Å². The largest absolute Gasteiger partial charge is 0.299 e. The first-order valence-corrected chi connectivity index (χ1v) is 14.6. The van der Waals surface area contributed by atoms with Crippen molar-refractivity contribution in [3.05, 3.63) is 116 Å². The zero-order chi connectivity index (χ0) is 27.4. The summed E-state index contributed by atoms with van der Waals surface area (Å²) in [5, 5.41) is 1.07. The molecule has 5 aromatic rings. The number of rotatable bonds is 7. The Kier molecular flexibility index (Phi) is 8.00. The standard InChI is InChI=1S/C32H30N3O2S2/c1-4-33-28(39-31(25-17-11-7-12-18-25)30(33)24-15-9-6-10-16-24)21-29-34(5-2)32(37)27(38-29)22-35(23(3)36)26-19-13-8-14-20-26/h6-22H,4-5H2,1-3H3/q+1. The Morgan fingerprint density at radius 3 is 2.03 bits per heavy atom. The molecule has 7 heteroatoms. The molecule has 2 aromatic heterocycles. The first-order chi connectivity index (χ1) is 19.0. The van der Waals surface area contributed by atoms with Gasteiger partial charge in [0.15, 0.2) is 0 Å². The molecule has 0 saturated heterocycles. The van der Waals surface area contributed by atoms with Crippen LogP contribution in [0.1, 0.15) is 25.8 Å². The molecular formula is C32H30N3O2S2+. The molecule has 0 fully saturated rings. The molecule has 0 unspecified atom stereocenters. The van der Waals surface area contributed by atoms with Crippen LogP contribution in [0.2, 0.25) is 0 Å². The maximum Gasteiger partial charge on any atom is 0.270 e. The van der Waals surface area contributed by atoms with Gasteiger partial charge in [0.25, 0.3) is 10.6 Å². The first kappa shape index (κ1) is 26.5. The summed E-state index contributed by atoms with van der Waals surface area (Å²) in [5.74, 6) is -0.148. The van der Waals surface area contributed by atoms with E-state index in [9.17, 15) is 9.59 Å². The van der Waals surface area contributed by atoms with Crippen molar-refractivity contribution in [2.24, 2.45) is 0 Å². The average molecular weight is 553 g/mol. The van der Waals surface area contributed by atoms with E-state index in [1.54, 1.807) is 22.1 Å². The summed E-state index contributed by atoms with van der Waals surface area (Å²) in [6.07, 6.45) is 3.78. The fourth-order valence-corrected chi connectivity index (χ4v) is 7.06. The zero-order valence-electron chi connectivity index (χ0n) is 22.2. The van der Waals surface area contributed by atoms with E-state index in [0.29, 0.717) is 11.1 Å². The Labute approximate surface area is 235 Å². The maximum atomic E-state index is 13.5. The number of hydrogen-bond acceptors (Lipinski definition) is 4. The zero-order valence-corrected chi connectivity index (χ0v) is 23.8. The third-order valence-corrected chi connectivity index (χ3v) is 8.70. The lowest BCUT2D eigenvalue weighted by Crippen LogP contribution is -2.37. The van der Waals surface area contributed by atoms with Gasteiger partial charge in [0.05, 0.1) is 6.08 Å². The number of benzene rings is 3. The van der Waals surface area contributed by atoms with Gasteiger partial charge in [0.2, 0.25) is 11.6 Å². The molecule has 39 heavy (non-hydrogen) atoms.